The fourth-order valence-corrected chi connectivity index (χ4v) is 5.36. The SMILES string of the molecule is CC1=C(C(=O)OC2CCCCCC2)[C@H](c2ccc(C)o2)C2C(=O)CC(C)(C)CC2=N1. The Bertz CT molecular complexity index is 896. The Hall–Kier alpha value is -2.17. The van der Waals surface area contributed by atoms with Gasteiger partial charge in [0.1, 0.15) is 23.4 Å². The van der Waals surface area contributed by atoms with Crippen LogP contribution < -0.4 is 0 Å². The van der Waals surface area contributed by atoms with Crippen LogP contribution in [-0.2, 0) is 14.3 Å². The molecular formula is C25H33NO4. The minimum absolute atomic E-state index is 0.0503. The van der Waals surface area contributed by atoms with E-state index in [1.165, 1.54) is 12.8 Å². The zero-order chi connectivity index (χ0) is 21.5. The van der Waals surface area contributed by atoms with Gasteiger partial charge in [-0.3, -0.25) is 9.79 Å². The second-order valence-corrected chi connectivity index (χ2v) is 10.0. The predicted octanol–water partition coefficient (Wildman–Crippen LogP) is 5.67. The highest BCUT2D eigenvalue weighted by molar-refractivity contribution is 6.12. The number of hydrogen-bond donors (Lipinski definition) is 0. The quantitative estimate of drug-likeness (QED) is 0.474. The van der Waals surface area contributed by atoms with Crippen molar-refractivity contribution in [1.82, 2.24) is 0 Å². The molecule has 2 fully saturated rings. The molecule has 1 aromatic rings. The summed E-state index contributed by atoms with van der Waals surface area (Å²) >= 11 is 0. The molecule has 2 aliphatic carbocycles. The van der Waals surface area contributed by atoms with Gasteiger partial charge in [0.2, 0.25) is 0 Å². The van der Waals surface area contributed by atoms with Gasteiger partial charge < -0.3 is 9.15 Å². The van der Waals surface area contributed by atoms with E-state index in [1.54, 1.807) is 0 Å². The molecule has 0 radical (unpaired) electrons. The molecule has 0 saturated heterocycles. The van der Waals surface area contributed by atoms with Gasteiger partial charge >= 0.3 is 5.97 Å². The highest BCUT2D eigenvalue weighted by Crippen LogP contribution is 2.47. The molecule has 30 heavy (non-hydrogen) atoms. The van der Waals surface area contributed by atoms with Crippen molar-refractivity contribution < 1.29 is 18.7 Å². The summed E-state index contributed by atoms with van der Waals surface area (Å²) in [6.07, 6.45) is 7.59. The molecule has 1 unspecified atom stereocenters. The average Bonchev–Trinajstić information content (AvgIpc) is 2.91. The fraction of sp³-hybridized carbons (Fsp3) is 0.640. The van der Waals surface area contributed by atoms with E-state index in [9.17, 15) is 9.59 Å². The lowest BCUT2D eigenvalue weighted by Crippen LogP contribution is -2.44. The summed E-state index contributed by atoms with van der Waals surface area (Å²) in [5.41, 5.74) is 1.91. The summed E-state index contributed by atoms with van der Waals surface area (Å²) in [6.45, 7) is 7.95. The summed E-state index contributed by atoms with van der Waals surface area (Å²) in [5, 5.41) is 0. The Morgan fingerprint density at radius 2 is 1.77 bits per heavy atom. The molecule has 1 aromatic heterocycles. The van der Waals surface area contributed by atoms with E-state index in [1.807, 2.05) is 26.0 Å². The lowest BCUT2D eigenvalue weighted by molar-refractivity contribution is -0.145. The first-order valence-corrected chi connectivity index (χ1v) is 11.3. The van der Waals surface area contributed by atoms with Gasteiger partial charge in [0, 0.05) is 17.8 Å². The number of aliphatic imine (C=N–C) groups is 1. The summed E-state index contributed by atoms with van der Waals surface area (Å²) in [7, 11) is 0. The maximum absolute atomic E-state index is 13.4. The molecule has 3 aliphatic rings. The Morgan fingerprint density at radius 1 is 1.07 bits per heavy atom. The van der Waals surface area contributed by atoms with Gasteiger partial charge in [-0.25, -0.2) is 4.79 Å². The van der Waals surface area contributed by atoms with Crippen molar-refractivity contribution in [3.05, 3.63) is 34.9 Å². The first-order chi connectivity index (χ1) is 14.2. The number of aryl methyl sites for hydroxylation is 1. The number of carbonyl (C=O) groups is 2. The van der Waals surface area contributed by atoms with Gasteiger partial charge in [-0.1, -0.05) is 26.7 Å². The Kier molecular flexibility index (Phi) is 5.73. The molecule has 162 valence electrons. The number of allylic oxidation sites excluding steroid dienone is 1. The summed E-state index contributed by atoms with van der Waals surface area (Å²) < 4.78 is 11.9. The van der Waals surface area contributed by atoms with E-state index >= 15 is 0 Å². The van der Waals surface area contributed by atoms with E-state index in [2.05, 4.69) is 13.8 Å². The van der Waals surface area contributed by atoms with Crippen LogP contribution in [0.2, 0.25) is 0 Å². The number of fused-ring (bicyclic) bond motifs is 1. The molecule has 5 nitrogen and oxygen atoms in total. The molecule has 0 aromatic carbocycles. The van der Waals surface area contributed by atoms with Gasteiger partial charge in [-0.05, 0) is 63.5 Å². The number of furan rings is 1. The normalized spacial score (nSPS) is 27.3. The molecular weight excluding hydrogens is 378 g/mol. The van der Waals surface area contributed by atoms with Crippen LogP contribution in [0.3, 0.4) is 0 Å². The van der Waals surface area contributed by atoms with Crippen molar-refractivity contribution in [2.45, 2.75) is 91.1 Å². The lowest BCUT2D eigenvalue weighted by atomic mass is 9.64. The molecule has 0 spiro atoms. The highest BCUT2D eigenvalue weighted by Gasteiger charge is 2.49. The third kappa shape index (κ3) is 4.17. The minimum atomic E-state index is -0.451. The van der Waals surface area contributed by atoms with E-state index < -0.39 is 11.8 Å². The van der Waals surface area contributed by atoms with Crippen molar-refractivity contribution in [2.24, 2.45) is 16.3 Å². The Balaban J connectivity index is 1.72. The Labute approximate surface area is 179 Å². The zero-order valence-corrected chi connectivity index (χ0v) is 18.6. The van der Waals surface area contributed by atoms with Crippen LogP contribution in [0.25, 0.3) is 0 Å². The highest BCUT2D eigenvalue weighted by atomic mass is 16.5. The fourth-order valence-electron chi connectivity index (χ4n) is 5.36. The summed E-state index contributed by atoms with van der Waals surface area (Å²) in [6, 6.07) is 3.78. The second kappa shape index (κ2) is 8.16. The van der Waals surface area contributed by atoms with Crippen LogP contribution in [0.1, 0.15) is 89.6 Å². The molecule has 4 rings (SSSR count). The molecule has 2 heterocycles. The summed E-state index contributed by atoms with van der Waals surface area (Å²) in [4.78, 5) is 31.4. The molecule has 0 bridgehead atoms. The third-order valence-electron chi connectivity index (χ3n) is 6.73. The van der Waals surface area contributed by atoms with Gasteiger partial charge in [-0.15, -0.1) is 0 Å². The second-order valence-electron chi connectivity index (χ2n) is 10.0. The first-order valence-electron chi connectivity index (χ1n) is 11.3. The van der Waals surface area contributed by atoms with E-state index in [0.29, 0.717) is 23.5 Å². The van der Waals surface area contributed by atoms with E-state index in [0.717, 1.165) is 43.6 Å². The standard InChI is InChI=1S/C25H33NO4/c1-15-11-12-20(29-15)23-21(24(28)30-17-9-7-5-6-8-10-17)16(2)26-18-13-25(3,4)14-19(27)22(18)23/h11-12,17,22-23H,5-10,13-14H2,1-4H3/t22?,23-/m0/s1. The van der Waals surface area contributed by atoms with Crippen LogP contribution in [-0.4, -0.2) is 23.6 Å². The Morgan fingerprint density at radius 3 is 2.40 bits per heavy atom. The molecule has 5 heteroatoms. The molecule has 2 saturated carbocycles. The van der Waals surface area contributed by atoms with Crippen molar-refractivity contribution in [1.29, 1.82) is 0 Å². The lowest BCUT2D eigenvalue weighted by Gasteiger charge is -2.40. The van der Waals surface area contributed by atoms with Gasteiger partial charge in [0.25, 0.3) is 0 Å². The van der Waals surface area contributed by atoms with Crippen molar-refractivity contribution in [3.63, 3.8) is 0 Å². The largest absolute Gasteiger partial charge is 0.466 e. The van der Waals surface area contributed by atoms with Crippen LogP contribution in [0.5, 0.6) is 0 Å². The summed E-state index contributed by atoms with van der Waals surface area (Å²) in [5.74, 6) is 0.337. The number of carbonyl (C=O) groups excluding carboxylic acids is 2. The molecule has 1 aliphatic heterocycles. The van der Waals surface area contributed by atoms with Crippen LogP contribution in [0, 0.1) is 18.3 Å². The van der Waals surface area contributed by atoms with Crippen molar-refractivity contribution in [2.75, 3.05) is 0 Å². The van der Waals surface area contributed by atoms with Crippen LogP contribution in [0.4, 0.5) is 0 Å². The van der Waals surface area contributed by atoms with Gasteiger partial charge in [0.05, 0.1) is 17.4 Å². The number of esters is 1. The number of nitrogens with zero attached hydrogens (tertiary/aromatic N) is 1. The van der Waals surface area contributed by atoms with E-state index in [-0.39, 0.29) is 23.3 Å². The number of ketones is 1. The number of ether oxygens (including phenoxy) is 1. The first kappa shape index (κ1) is 21.1. The van der Waals surface area contributed by atoms with Gasteiger partial charge in [0.15, 0.2) is 0 Å². The zero-order valence-electron chi connectivity index (χ0n) is 18.6. The maximum atomic E-state index is 13.4. The smallest absolute Gasteiger partial charge is 0.336 e. The molecule has 2 atom stereocenters. The monoisotopic (exact) mass is 411 g/mol. The number of hydrogen-bond acceptors (Lipinski definition) is 5. The van der Waals surface area contributed by atoms with Gasteiger partial charge in [-0.2, -0.15) is 0 Å². The molecule has 0 amide bonds. The van der Waals surface area contributed by atoms with E-state index in [4.69, 9.17) is 14.1 Å². The molecule has 0 N–H and O–H groups in total. The topological polar surface area (TPSA) is 68.9 Å². The average molecular weight is 412 g/mol. The van der Waals surface area contributed by atoms with Crippen molar-refractivity contribution >= 4 is 17.5 Å². The van der Waals surface area contributed by atoms with Crippen molar-refractivity contribution in [3.8, 4) is 0 Å². The van der Waals surface area contributed by atoms with Crippen LogP contribution >= 0.6 is 0 Å². The number of Topliss-reactive ketones (excluding diaryl/α,β-unsaturated/α-hetero) is 1. The number of rotatable bonds is 3. The predicted molar refractivity (Wildman–Crippen MR) is 115 cm³/mol. The minimum Gasteiger partial charge on any atom is -0.466 e. The maximum Gasteiger partial charge on any atom is 0.336 e. The third-order valence-corrected chi connectivity index (χ3v) is 6.73. The van der Waals surface area contributed by atoms with Crippen LogP contribution in [0.15, 0.2) is 32.8 Å².